The van der Waals surface area contributed by atoms with E-state index in [-0.39, 0.29) is 11.3 Å². The summed E-state index contributed by atoms with van der Waals surface area (Å²) in [6, 6.07) is 0. The van der Waals surface area contributed by atoms with Gasteiger partial charge in [-0.2, -0.15) is 0 Å². The van der Waals surface area contributed by atoms with Crippen LogP contribution in [0.4, 0.5) is 0 Å². The molecule has 2 rings (SSSR count). The predicted molar refractivity (Wildman–Crippen MR) is 97.8 cm³/mol. The maximum absolute atomic E-state index is 12.9. The summed E-state index contributed by atoms with van der Waals surface area (Å²) < 4.78 is 0. The molecule has 0 aromatic carbocycles. The Morgan fingerprint density at radius 2 is 2.09 bits per heavy atom. The van der Waals surface area contributed by atoms with Crippen LogP contribution in [-0.4, -0.2) is 11.4 Å². The fourth-order valence-corrected chi connectivity index (χ4v) is 5.35. The number of allylic oxidation sites excluding steroid dienone is 6. The van der Waals surface area contributed by atoms with Gasteiger partial charge in [-0.25, -0.2) is 0 Å². The van der Waals surface area contributed by atoms with Gasteiger partial charge in [0.05, 0.1) is 0 Å². The molecule has 1 fully saturated rings. The van der Waals surface area contributed by atoms with E-state index in [2.05, 4.69) is 45.1 Å². The number of carbonyl (C=O) groups is 1. The zero-order chi connectivity index (χ0) is 16.3. The second kappa shape index (κ2) is 7.21. The molecule has 0 amide bonds. The Balaban J connectivity index is 2.45. The van der Waals surface area contributed by atoms with E-state index < -0.39 is 0 Å². The van der Waals surface area contributed by atoms with Crippen LogP contribution in [0.1, 0.15) is 47.0 Å². The fourth-order valence-electron chi connectivity index (χ4n) is 4.63. The average molecular weight is 319 g/mol. The van der Waals surface area contributed by atoms with Gasteiger partial charge in [0.2, 0.25) is 0 Å². The molecule has 122 valence electrons. The van der Waals surface area contributed by atoms with E-state index >= 15 is 0 Å². The molecule has 0 N–H and O–H groups in total. The first kappa shape index (κ1) is 17.6. The maximum atomic E-state index is 12.9. The zero-order valence-electron chi connectivity index (χ0n) is 14.6. The summed E-state index contributed by atoms with van der Waals surface area (Å²) in [6.45, 7) is 8.82. The van der Waals surface area contributed by atoms with Crippen LogP contribution in [-0.2, 0) is 4.79 Å². The van der Waals surface area contributed by atoms with Gasteiger partial charge in [-0.1, -0.05) is 68.0 Å². The fraction of sp³-hybridized carbons (Fsp3) is 0.650. The highest BCUT2D eigenvalue weighted by molar-refractivity contribution is 8.13. The lowest BCUT2D eigenvalue weighted by Gasteiger charge is -2.51. The van der Waals surface area contributed by atoms with Crippen LogP contribution in [0, 0.1) is 29.1 Å². The minimum atomic E-state index is -0.263. The molecule has 1 nitrogen and oxygen atoms in total. The van der Waals surface area contributed by atoms with Crippen LogP contribution in [0.3, 0.4) is 0 Å². The summed E-state index contributed by atoms with van der Waals surface area (Å²) in [6.07, 6.45) is 16.6. The van der Waals surface area contributed by atoms with Crippen molar-refractivity contribution in [3.8, 4) is 0 Å². The first-order chi connectivity index (χ1) is 10.4. The molecule has 0 saturated heterocycles. The largest absolute Gasteiger partial charge is 0.287 e. The van der Waals surface area contributed by atoms with Crippen molar-refractivity contribution in [2.45, 2.75) is 47.0 Å². The molecule has 0 aliphatic heterocycles. The third kappa shape index (κ3) is 3.13. The molecular weight excluding hydrogens is 288 g/mol. The third-order valence-electron chi connectivity index (χ3n) is 5.78. The van der Waals surface area contributed by atoms with Gasteiger partial charge >= 0.3 is 0 Å². The average Bonchev–Trinajstić information content (AvgIpc) is 2.49. The van der Waals surface area contributed by atoms with Crippen molar-refractivity contribution < 1.29 is 4.79 Å². The molecule has 2 aliphatic rings. The van der Waals surface area contributed by atoms with Crippen LogP contribution in [0.15, 0.2) is 36.0 Å². The molecule has 0 aromatic rings. The van der Waals surface area contributed by atoms with E-state index in [9.17, 15) is 4.79 Å². The van der Waals surface area contributed by atoms with Gasteiger partial charge in [-0.15, -0.1) is 0 Å². The minimum absolute atomic E-state index is 0.235. The van der Waals surface area contributed by atoms with Crippen molar-refractivity contribution in [3.63, 3.8) is 0 Å². The minimum Gasteiger partial charge on any atom is -0.287 e. The zero-order valence-corrected chi connectivity index (χ0v) is 15.5. The highest BCUT2D eigenvalue weighted by atomic mass is 32.2. The summed E-state index contributed by atoms with van der Waals surface area (Å²) >= 11 is 1.41. The van der Waals surface area contributed by atoms with Gasteiger partial charge in [-0.05, 0) is 50.7 Å². The van der Waals surface area contributed by atoms with Gasteiger partial charge in [0.15, 0.2) is 5.12 Å². The standard InChI is InChI=1S/C20H30OS/c1-6-7-8-9-17-15(3)13-16-12-14(2)10-11-18(16)20(17,4)19(21)22-5/h6-9,13-14,16-18H,10-12H2,1-5H3/b7-6+,9-8+/t14-,16+,17-,18-,20-/m0/s1. The van der Waals surface area contributed by atoms with Gasteiger partial charge in [0.1, 0.15) is 0 Å². The third-order valence-corrected chi connectivity index (χ3v) is 6.59. The second-order valence-corrected chi connectivity index (χ2v) is 8.04. The van der Waals surface area contributed by atoms with Gasteiger partial charge in [0.25, 0.3) is 0 Å². The first-order valence-corrected chi connectivity index (χ1v) is 9.73. The van der Waals surface area contributed by atoms with Crippen molar-refractivity contribution in [1.82, 2.24) is 0 Å². The number of hydrogen-bond donors (Lipinski definition) is 0. The van der Waals surface area contributed by atoms with E-state index in [1.165, 1.54) is 36.6 Å². The van der Waals surface area contributed by atoms with Crippen molar-refractivity contribution in [2.24, 2.45) is 29.1 Å². The lowest BCUT2D eigenvalue weighted by Crippen LogP contribution is -2.48. The quantitative estimate of drug-likeness (QED) is 0.494. The van der Waals surface area contributed by atoms with Crippen LogP contribution in [0.5, 0.6) is 0 Å². The van der Waals surface area contributed by atoms with Crippen LogP contribution in [0.2, 0.25) is 0 Å². The molecule has 0 bridgehead atoms. The lowest BCUT2D eigenvalue weighted by atomic mass is 9.54. The highest BCUT2D eigenvalue weighted by Gasteiger charge is 2.52. The highest BCUT2D eigenvalue weighted by Crippen LogP contribution is 2.55. The Morgan fingerprint density at radius 1 is 1.36 bits per heavy atom. The molecular formula is C20H30OS. The normalized spacial score (nSPS) is 39.0. The van der Waals surface area contributed by atoms with Crippen LogP contribution in [0.25, 0.3) is 0 Å². The van der Waals surface area contributed by atoms with Crippen LogP contribution < -0.4 is 0 Å². The van der Waals surface area contributed by atoms with Gasteiger partial charge in [-0.3, -0.25) is 4.79 Å². The number of hydrogen-bond acceptors (Lipinski definition) is 2. The van der Waals surface area contributed by atoms with Crippen molar-refractivity contribution in [1.29, 1.82) is 0 Å². The Kier molecular flexibility index (Phi) is 5.76. The van der Waals surface area contributed by atoms with E-state index in [0.717, 1.165) is 5.92 Å². The molecule has 5 atom stereocenters. The summed E-state index contributed by atoms with van der Waals surface area (Å²) in [5, 5.41) is 0.361. The maximum Gasteiger partial charge on any atom is 0.195 e. The summed E-state index contributed by atoms with van der Waals surface area (Å²) in [5.74, 6) is 2.09. The topological polar surface area (TPSA) is 17.1 Å². The summed E-state index contributed by atoms with van der Waals surface area (Å²) in [4.78, 5) is 12.9. The Labute approximate surface area is 140 Å². The molecule has 0 radical (unpaired) electrons. The SMILES string of the molecule is C/C=C/C=C/[C@H]1C(C)=C[C@H]2C[C@@H](C)CC[C@@H]2[C@@]1(C)C(=O)SC. The molecule has 0 heterocycles. The molecule has 2 heteroatoms. The van der Waals surface area contributed by atoms with E-state index in [1.807, 2.05) is 19.3 Å². The summed E-state index contributed by atoms with van der Waals surface area (Å²) in [5.41, 5.74) is 1.11. The molecule has 2 aliphatic carbocycles. The molecule has 0 unspecified atom stereocenters. The van der Waals surface area contributed by atoms with Crippen molar-refractivity contribution >= 4 is 16.9 Å². The predicted octanol–water partition coefficient (Wildman–Crippen LogP) is 5.64. The number of fused-ring (bicyclic) bond motifs is 1. The van der Waals surface area contributed by atoms with Crippen LogP contribution >= 0.6 is 11.8 Å². The van der Waals surface area contributed by atoms with E-state index in [4.69, 9.17) is 0 Å². The molecule has 0 spiro atoms. The monoisotopic (exact) mass is 318 g/mol. The van der Waals surface area contributed by atoms with Gasteiger partial charge in [0, 0.05) is 11.3 Å². The molecule has 22 heavy (non-hydrogen) atoms. The molecule has 0 aromatic heterocycles. The Morgan fingerprint density at radius 3 is 2.73 bits per heavy atom. The number of thioether (sulfide) groups is 1. The summed E-state index contributed by atoms with van der Waals surface area (Å²) in [7, 11) is 0. The van der Waals surface area contributed by atoms with Crippen molar-refractivity contribution in [3.05, 3.63) is 36.0 Å². The number of rotatable bonds is 3. The first-order valence-electron chi connectivity index (χ1n) is 8.51. The van der Waals surface area contributed by atoms with E-state index in [1.54, 1.807) is 0 Å². The Hall–Kier alpha value is -0.760. The Bertz CT molecular complexity index is 502. The van der Waals surface area contributed by atoms with Gasteiger partial charge < -0.3 is 0 Å². The van der Waals surface area contributed by atoms with Crippen molar-refractivity contribution in [2.75, 3.05) is 6.26 Å². The van der Waals surface area contributed by atoms with E-state index in [0.29, 0.717) is 17.0 Å². The second-order valence-electron chi connectivity index (χ2n) is 7.26. The number of carbonyl (C=O) groups excluding carboxylic acids is 1. The lowest BCUT2D eigenvalue weighted by molar-refractivity contribution is -0.126. The molecule has 1 saturated carbocycles. The smallest absolute Gasteiger partial charge is 0.195 e.